The fraction of sp³-hybridized carbons (Fsp3) is 0.267. The van der Waals surface area contributed by atoms with Gasteiger partial charge in [0.15, 0.2) is 0 Å². The molecular formula is C15H16N2OS. The number of methoxy groups -OCH3 is 1. The summed E-state index contributed by atoms with van der Waals surface area (Å²) in [5.41, 5.74) is 2.16. The summed E-state index contributed by atoms with van der Waals surface area (Å²) < 4.78 is 5.14. The van der Waals surface area contributed by atoms with E-state index in [1.165, 1.54) is 0 Å². The average Bonchev–Trinajstić information content (AvgIpc) is 2.98. The highest BCUT2D eigenvalue weighted by molar-refractivity contribution is 7.08. The summed E-state index contributed by atoms with van der Waals surface area (Å²) in [6.45, 7) is 2.05. The Balaban J connectivity index is 2.07. The standard InChI is InChI=1S/C15H16N2OS/c1-11(12-3-5-14(18-2)6-4-12)17-15(9-16)13-7-8-19-10-13/h3-8,10-11,15,17H,1-2H3. The Morgan fingerprint density at radius 3 is 2.47 bits per heavy atom. The highest BCUT2D eigenvalue weighted by Gasteiger charge is 2.15. The molecule has 0 saturated carbocycles. The molecular weight excluding hydrogens is 256 g/mol. The Labute approximate surface area is 117 Å². The van der Waals surface area contributed by atoms with E-state index in [-0.39, 0.29) is 12.1 Å². The van der Waals surface area contributed by atoms with Crippen LogP contribution in [-0.2, 0) is 0 Å². The van der Waals surface area contributed by atoms with E-state index in [9.17, 15) is 5.26 Å². The van der Waals surface area contributed by atoms with Crippen molar-refractivity contribution in [3.8, 4) is 11.8 Å². The van der Waals surface area contributed by atoms with Gasteiger partial charge in [-0.1, -0.05) is 12.1 Å². The molecule has 2 unspecified atom stereocenters. The lowest BCUT2D eigenvalue weighted by molar-refractivity contribution is 0.414. The minimum absolute atomic E-state index is 0.107. The first-order valence-corrected chi connectivity index (χ1v) is 7.00. The molecule has 0 radical (unpaired) electrons. The van der Waals surface area contributed by atoms with Gasteiger partial charge in [-0.3, -0.25) is 5.32 Å². The van der Waals surface area contributed by atoms with E-state index in [4.69, 9.17) is 4.74 Å². The lowest BCUT2D eigenvalue weighted by Gasteiger charge is -2.18. The fourth-order valence-electron chi connectivity index (χ4n) is 1.89. The molecule has 2 atom stereocenters. The molecule has 1 N–H and O–H groups in total. The van der Waals surface area contributed by atoms with E-state index < -0.39 is 0 Å². The SMILES string of the molecule is COc1ccc(C(C)NC(C#N)c2ccsc2)cc1. The van der Waals surface area contributed by atoms with Gasteiger partial charge in [0, 0.05) is 6.04 Å². The smallest absolute Gasteiger partial charge is 0.122 e. The minimum Gasteiger partial charge on any atom is -0.497 e. The van der Waals surface area contributed by atoms with E-state index >= 15 is 0 Å². The molecule has 1 aromatic carbocycles. The van der Waals surface area contributed by atoms with Crippen LogP contribution in [0.15, 0.2) is 41.1 Å². The average molecular weight is 272 g/mol. The second-order valence-corrected chi connectivity index (χ2v) is 5.06. The number of thiophene rings is 1. The van der Waals surface area contributed by atoms with Crippen molar-refractivity contribution in [3.63, 3.8) is 0 Å². The van der Waals surface area contributed by atoms with E-state index in [1.807, 2.05) is 41.1 Å². The summed E-state index contributed by atoms with van der Waals surface area (Å²) in [5, 5.41) is 16.6. The van der Waals surface area contributed by atoms with Gasteiger partial charge in [0.2, 0.25) is 0 Å². The van der Waals surface area contributed by atoms with Crippen molar-refractivity contribution in [1.29, 1.82) is 5.26 Å². The summed E-state index contributed by atoms with van der Waals surface area (Å²) >= 11 is 1.60. The predicted molar refractivity (Wildman–Crippen MR) is 77.2 cm³/mol. The first-order chi connectivity index (χ1) is 9.24. The number of nitrogens with one attached hydrogen (secondary N) is 1. The molecule has 0 aliphatic rings. The van der Waals surface area contributed by atoms with Crippen LogP contribution in [0.5, 0.6) is 5.75 Å². The fourth-order valence-corrected chi connectivity index (χ4v) is 2.57. The van der Waals surface area contributed by atoms with E-state index in [1.54, 1.807) is 18.4 Å². The van der Waals surface area contributed by atoms with Gasteiger partial charge in [0.05, 0.1) is 13.2 Å². The maximum Gasteiger partial charge on any atom is 0.122 e. The van der Waals surface area contributed by atoms with Gasteiger partial charge in [-0.25, -0.2) is 0 Å². The van der Waals surface area contributed by atoms with Gasteiger partial charge >= 0.3 is 0 Å². The van der Waals surface area contributed by atoms with Crippen molar-refractivity contribution in [3.05, 3.63) is 52.2 Å². The van der Waals surface area contributed by atoms with Gasteiger partial charge in [-0.2, -0.15) is 16.6 Å². The molecule has 0 amide bonds. The van der Waals surface area contributed by atoms with Crippen LogP contribution in [0.3, 0.4) is 0 Å². The molecule has 3 nitrogen and oxygen atoms in total. The molecule has 98 valence electrons. The Morgan fingerprint density at radius 1 is 1.21 bits per heavy atom. The molecule has 4 heteroatoms. The minimum atomic E-state index is -0.275. The Morgan fingerprint density at radius 2 is 1.95 bits per heavy atom. The summed E-state index contributed by atoms with van der Waals surface area (Å²) in [7, 11) is 1.65. The maximum absolute atomic E-state index is 9.25. The zero-order valence-corrected chi connectivity index (χ0v) is 11.8. The van der Waals surface area contributed by atoms with Crippen LogP contribution in [0.2, 0.25) is 0 Å². The maximum atomic E-state index is 9.25. The molecule has 0 aliphatic carbocycles. The summed E-state index contributed by atoms with van der Waals surface area (Å²) in [6, 6.07) is 12.0. The number of benzene rings is 1. The Bertz CT molecular complexity index is 543. The number of nitrogens with zero attached hydrogens (tertiary/aromatic N) is 1. The van der Waals surface area contributed by atoms with Crippen molar-refractivity contribution in [2.24, 2.45) is 0 Å². The van der Waals surface area contributed by atoms with E-state index in [2.05, 4.69) is 18.3 Å². The normalized spacial score (nSPS) is 13.5. The molecule has 1 aromatic heterocycles. The summed E-state index contributed by atoms with van der Waals surface area (Å²) in [6.07, 6.45) is 0. The van der Waals surface area contributed by atoms with Crippen LogP contribution < -0.4 is 10.1 Å². The molecule has 0 aliphatic heterocycles. The summed E-state index contributed by atoms with van der Waals surface area (Å²) in [4.78, 5) is 0. The first-order valence-electron chi connectivity index (χ1n) is 6.06. The molecule has 2 aromatic rings. The monoisotopic (exact) mass is 272 g/mol. The lowest BCUT2D eigenvalue weighted by Crippen LogP contribution is -2.23. The van der Waals surface area contributed by atoms with E-state index in [0.29, 0.717) is 0 Å². The largest absolute Gasteiger partial charge is 0.497 e. The molecule has 0 fully saturated rings. The van der Waals surface area contributed by atoms with Crippen LogP contribution in [0.25, 0.3) is 0 Å². The van der Waals surface area contributed by atoms with Crippen molar-refractivity contribution in [1.82, 2.24) is 5.32 Å². The van der Waals surface area contributed by atoms with Crippen LogP contribution in [0, 0.1) is 11.3 Å². The van der Waals surface area contributed by atoms with Crippen LogP contribution >= 0.6 is 11.3 Å². The van der Waals surface area contributed by atoms with Gasteiger partial charge in [0.25, 0.3) is 0 Å². The van der Waals surface area contributed by atoms with Crippen LogP contribution in [0.1, 0.15) is 30.1 Å². The van der Waals surface area contributed by atoms with Crippen molar-refractivity contribution < 1.29 is 4.74 Å². The third-order valence-corrected chi connectivity index (χ3v) is 3.74. The first kappa shape index (κ1) is 13.6. The van der Waals surface area contributed by atoms with Gasteiger partial charge in [0.1, 0.15) is 11.8 Å². The van der Waals surface area contributed by atoms with Crippen molar-refractivity contribution >= 4 is 11.3 Å². The zero-order valence-electron chi connectivity index (χ0n) is 11.0. The molecule has 2 rings (SSSR count). The number of ether oxygens (including phenoxy) is 1. The molecule has 0 spiro atoms. The van der Waals surface area contributed by atoms with Crippen molar-refractivity contribution in [2.45, 2.75) is 19.0 Å². The number of rotatable bonds is 5. The third kappa shape index (κ3) is 3.34. The van der Waals surface area contributed by atoms with Gasteiger partial charge in [-0.15, -0.1) is 0 Å². The zero-order chi connectivity index (χ0) is 13.7. The van der Waals surface area contributed by atoms with Gasteiger partial charge < -0.3 is 4.74 Å². The molecule has 0 bridgehead atoms. The molecule has 1 heterocycles. The van der Waals surface area contributed by atoms with Gasteiger partial charge in [-0.05, 0) is 47.0 Å². The molecule has 19 heavy (non-hydrogen) atoms. The quantitative estimate of drug-likeness (QED) is 0.903. The third-order valence-electron chi connectivity index (χ3n) is 3.04. The van der Waals surface area contributed by atoms with E-state index in [0.717, 1.165) is 16.9 Å². The number of hydrogen-bond acceptors (Lipinski definition) is 4. The predicted octanol–water partition coefficient (Wildman–Crippen LogP) is 3.67. The topological polar surface area (TPSA) is 45.0 Å². The van der Waals surface area contributed by atoms with Crippen molar-refractivity contribution in [2.75, 3.05) is 7.11 Å². The lowest BCUT2D eigenvalue weighted by atomic mass is 10.1. The second kappa shape index (κ2) is 6.37. The Hall–Kier alpha value is -1.83. The van der Waals surface area contributed by atoms with Crippen LogP contribution in [0.4, 0.5) is 0 Å². The summed E-state index contributed by atoms with van der Waals surface area (Å²) in [5.74, 6) is 0.839. The highest BCUT2D eigenvalue weighted by Crippen LogP contribution is 2.22. The van der Waals surface area contributed by atoms with Crippen LogP contribution in [-0.4, -0.2) is 7.11 Å². The Kier molecular flexibility index (Phi) is 4.56. The molecule has 0 saturated heterocycles. The highest BCUT2D eigenvalue weighted by atomic mass is 32.1. The number of nitriles is 1. The number of hydrogen-bond donors (Lipinski definition) is 1. The second-order valence-electron chi connectivity index (χ2n) is 4.28.